The predicted octanol–water partition coefficient (Wildman–Crippen LogP) is 26.2. The van der Waals surface area contributed by atoms with E-state index in [0.29, 0.717) is 46.7 Å². The highest BCUT2D eigenvalue weighted by molar-refractivity contribution is 6.29. The van der Waals surface area contributed by atoms with Crippen molar-refractivity contribution in [3.8, 4) is 103 Å². The van der Waals surface area contributed by atoms with E-state index in [0.717, 1.165) is 127 Å². The van der Waals surface area contributed by atoms with Crippen molar-refractivity contribution in [2.45, 2.75) is 0 Å². The summed E-state index contributed by atoms with van der Waals surface area (Å²) >= 11 is 25.2. The van der Waals surface area contributed by atoms with Crippen molar-refractivity contribution >= 4 is 134 Å². The Morgan fingerprint density at radius 1 is 0.164 bits per heavy atom. The first kappa shape index (κ1) is 75.4. The number of benzene rings is 15. The zero-order valence-electron chi connectivity index (χ0n) is 64.6. The summed E-state index contributed by atoms with van der Waals surface area (Å²) in [5.74, 6) is 4.42. The smallest absolute Gasteiger partial charge is 0.239 e. The topological polar surface area (TPSA) is 174 Å². The van der Waals surface area contributed by atoms with Crippen molar-refractivity contribution < 1.29 is 0 Å². The number of para-hydroxylation sites is 8. The van der Waals surface area contributed by atoms with E-state index in [1.54, 1.807) is 0 Å². The molecular weight excluding hydrogens is 1590 g/mol. The van der Waals surface area contributed by atoms with E-state index in [4.69, 9.17) is 66.3 Å². The number of hydrogen-bond donors (Lipinski definition) is 0. The predicted molar refractivity (Wildman–Crippen MR) is 495 cm³/mol. The normalized spacial score (nSPS) is 11.3. The molecular formula is C102H64Cl4N16. The van der Waals surface area contributed by atoms with E-state index >= 15 is 0 Å². The Morgan fingerprint density at radius 2 is 0.443 bits per heavy atom. The molecule has 23 rings (SSSR count). The average molecular weight is 1660 g/mol. The van der Waals surface area contributed by atoms with Crippen LogP contribution in [0.1, 0.15) is 0 Å². The molecule has 580 valence electrons. The molecule has 20 heteroatoms. The lowest BCUT2D eigenvalue weighted by Crippen LogP contribution is -2.04. The monoisotopic (exact) mass is 1650 g/mol. The molecule has 0 saturated carbocycles. The van der Waals surface area contributed by atoms with Crippen molar-refractivity contribution in [3.63, 3.8) is 0 Å². The van der Waals surface area contributed by atoms with Gasteiger partial charge in [-0.3, -0.25) is 4.57 Å². The molecule has 0 fully saturated rings. The van der Waals surface area contributed by atoms with Crippen LogP contribution in [0.4, 0.5) is 0 Å². The van der Waals surface area contributed by atoms with Crippen molar-refractivity contribution in [1.29, 1.82) is 0 Å². The van der Waals surface area contributed by atoms with Gasteiger partial charge in [0.25, 0.3) is 0 Å². The minimum Gasteiger partial charge on any atom is -0.309 e. The van der Waals surface area contributed by atoms with Crippen LogP contribution in [0.5, 0.6) is 0 Å². The van der Waals surface area contributed by atoms with Gasteiger partial charge in [0.05, 0.1) is 44.1 Å². The maximum atomic E-state index is 6.35. The molecule has 0 amide bonds. The van der Waals surface area contributed by atoms with Gasteiger partial charge in [-0.1, -0.05) is 291 Å². The van der Waals surface area contributed by atoms with Gasteiger partial charge in [-0.05, 0) is 143 Å². The van der Waals surface area contributed by atoms with Crippen LogP contribution in [0, 0.1) is 0 Å². The zero-order chi connectivity index (χ0) is 82.0. The lowest BCUT2D eigenvalue weighted by molar-refractivity contribution is 0.947. The molecule has 0 atom stereocenters. The Morgan fingerprint density at radius 3 is 0.877 bits per heavy atom. The fourth-order valence-corrected chi connectivity index (χ4v) is 16.5. The van der Waals surface area contributed by atoms with Gasteiger partial charge in [-0.15, -0.1) is 0 Å². The van der Waals surface area contributed by atoms with E-state index in [-0.39, 0.29) is 21.1 Å². The Kier molecular flexibility index (Phi) is 20.6. The maximum absolute atomic E-state index is 6.35. The zero-order valence-corrected chi connectivity index (χ0v) is 67.6. The lowest BCUT2D eigenvalue weighted by Gasteiger charge is -2.09. The molecule has 0 bridgehead atoms. The highest BCUT2D eigenvalue weighted by Crippen LogP contribution is 2.41. The quantitative estimate of drug-likeness (QED) is 0.120. The van der Waals surface area contributed by atoms with Gasteiger partial charge >= 0.3 is 0 Å². The molecule has 0 aliphatic carbocycles. The van der Waals surface area contributed by atoms with Gasteiger partial charge in [0, 0.05) is 99.1 Å². The molecule has 0 N–H and O–H groups in total. The van der Waals surface area contributed by atoms with Crippen LogP contribution in [0.3, 0.4) is 0 Å². The lowest BCUT2D eigenvalue weighted by atomic mass is 10.1. The van der Waals surface area contributed by atoms with Crippen LogP contribution in [-0.2, 0) is 0 Å². The van der Waals surface area contributed by atoms with Crippen LogP contribution >= 0.6 is 46.4 Å². The third-order valence-corrected chi connectivity index (χ3v) is 21.8. The Balaban J connectivity index is 0.000000104. The first-order valence-electron chi connectivity index (χ1n) is 39.3. The second kappa shape index (κ2) is 33.2. The molecule has 0 saturated heterocycles. The average Bonchev–Trinajstić information content (AvgIpc) is 1.60. The largest absolute Gasteiger partial charge is 0.309 e. The summed E-state index contributed by atoms with van der Waals surface area (Å²) in [5, 5.41) is 9.95. The third kappa shape index (κ3) is 14.8. The Bertz CT molecular complexity index is 7710. The number of fused-ring (bicyclic) bond motifs is 12. The Labute approximate surface area is 718 Å². The van der Waals surface area contributed by atoms with E-state index in [1.165, 1.54) is 16.2 Å². The van der Waals surface area contributed by atoms with Crippen LogP contribution in [0.2, 0.25) is 21.1 Å². The first-order chi connectivity index (χ1) is 60.2. The molecule has 15 aromatic carbocycles. The summed E-state index contributed by atoms with van der Waals surface area (Å²) in [6, 6.07) is 131. The SMILES string of the molecule is Clc1nc(-c2ccccc2)nc(-c2ccc3c(c2)c2ccccc2n3-c2ccccc2)n1.Clc1nc(-c2ccccc2)nc(-c2ccc3c4ccccc4n(-c4ccccc4)c3c2)n1.Clc1nc(-c2ccccc2)nc(-c2cccc3c2c2ccccc2n3-c2ccccc2)n1.Clc1nc(-c2ccccc2)nc(-n2c3ccccc3c3ccccc32)n1. The van der Waals surface area contributed by atoms with Crippen molar-refractivity contribution in [2.75, 3.05) is 0 Å². The summed E-state index contributed by atoms with van der Waals surface area (Å²) in [6.07, 6.45) is 0. The molecule has 16 nitrogen and oxygen atoms in total. The molecule has 0 unspecified atom stereocenters. The summed E-state index contributed by atoms with van der Waals surface area (Å²) < 4.78 is 8.86. The maximum Gasteiger partial charge on any atom is 0.239 e. The fourth-order valence-electron chi connectivity index (χ4n) is 15.9. The number of nitrogens with zero attached hydrogens (tertiary/aromatic N) is 16. The van der Waals surface area contributed by atoms with E-state index < -0.39 is 0 Å². The summed E-state index contributed by atoms with van der Waals surface area (Å²) in [6.45, 7) is 0. The Hall–Kier alpha value is -15.3. The number of rotatable bonds is 11. The van der Waals surface area contributed by atoms with Crippen LogP contribution in [-0.4, -0.2) is 78.1 Å². The highest BCUT2D eigenvalue weighted by atomic mass is 35.5. The van der Waals surface area contributed by atoms with Crippen LogP contribution < -0.4 is 0 Å². The molecule has 23 aromatic rings. The summed E-state index contributed by atoms with van der Waals surface area (Å²) in [5.41, 5.74) is 18.5. The standard InChI is InChI=1S/3C27H17ClN4.C21H13ClN4/c28-27-30-25(18-10-3-1-4-11-18)29-26(31-27)21-15-9-17-23-24(21)20-14-7-8-16-22(20)32(23)19-12-5-2-6-13-19;28-27-30-25(18-9-3-1-4-10-18)29-26(31-27)19-15-16-24-22(17-19)21-13-7-8-14-23(21)32(24)20-11-5-2-6-12-20;28-27-30-25(18-9-3-1-4-10-18)29-26(31-27)19-15-16-22-21-13-7-8-14-23(21)32(24(22)17-19)20-11-5-2-6-12-20;22-20-23-19(14-8-2-1-3-9-14)24-21(25-20)26-17-12-6-4-10-15(17)16-11-5-7-13-18(16)26/h3*1-17H;1-13H. The highest BCUT2D eigenvalue weighted by Gasteiger charge is 2.23. The fraction of sp³-hybridized carbons (Fsp3) is 0. The molecule has 0 aliphatic heterocycles. The molecule has 0 spiro atoms. The van der Waals surface area contributed by atoms with Crippen molar-refractivity contribution in [3.05, 3.63) is 409 Å². The van der Waals surface area contributed by atoms with E-state index in [1.807, 2.05) is 193 Å². The van der Waals surface area contributed by atoms with Gasteiger partial charge in [-0.2, -0.15) is 44.9 Å². The molecule has 122 heavy (non-hydrogen) atoms. The van der Waals surface area contributed by atoms with Crippen LogP contribution in [0.25, 0.3) is 190 Å². The van der Waals surface area contributed by atoms with Gasteiger partial charge in [-0.25, -0.2) is 15.0 Å². The number of halogens is 4. The van der Waals surface area contributed by atoms with Crippen molar-refractivity contribution in [1.82, 2.24) is 78.1 Å². The van der Waals surface area contributed by atoms with Gasteiger partial charge < -0.3 is 13.7 Å². The number of aromatic nitrogens is 16. The van der Waals surface area contributed by atoms with Crippen LogP contribution in [0.15, 0.2) is 388 Å². The van der Waals surface area contributed by atoms with Gasteiger partial charge in [0.2, 0.25) is 27.1 Å². The molecule has 0 aliphatic rings. The molecule has 8 heterocycles. The first-order valence-corrected chi connectivity index (χ1v) is 40.8. The van der Waals surface area contributed by atoms with E-state index in [2.05, 4.69) is 254 Å². The third-order valence-electron chi connectivity index (χ3n) is 21.2. The minimum atomic E-state index is 0.177. The molecule has 0 radical (unpaired) electrons. The van der Waals surface area contributed by atoms with Gasteiger partial charge in [0.1, 0.15) is 0 Å². The summed E-state index contributed by atoms with van der Waals surface area (Å²) in [7, 11) is 0. The second-order valence-corrected chi connectivity index (χ2v) is 29.9. The molecule has 8 aromatic heterocycles. The summed E-state index contributed by atoms with van der Waals surface area (Å²) in [4.78, 5) is 54.0. The van der Waals surface area contributed by atoms with Gasteiger partial charge in [0.15, 0.2) is 40.8 Å². The van der Waals surface area contributed by atoms with E-state index in [9.17, 15) is 0 Å². The number of hydrogen-bond acceptors (Lipinski definition) is 12. The van der Waals surface area contributed by atoms with Crippen molar-refractivity contribution in [2.24, 2.45) is 0 Å². The minimum absolute atomic E-state index is 0.177. The second-order valence-electron chi connectivity index (χ2n) is 28.5.